The number of benzene rings is 2. The fourth-order valence-corrected chi connectivity index (χ4v) is 7.54. The van der Waals surface area contributed by atoms with Gasteiger partial charge >= 0.3 is 15.2 Å². The predicted octanol–water partition coefficient (Wildman–Crippen LogP) is 1.25. The van der Waals surface area contributed by atoms with E-state index in [9.17, 15) is 38.3 Å². The number of carbonyl (C=O) groups is 2. The lowest BCUT2D eigenvalue weighted by atomic mass is 9.90. The minimum absolute atomic E-state index is 0.170. The van der Waals surface area contributed by atoms with Crippen LogP contribution in [-0.4, -0.2) is 50.6 Å². The fraction of sp³-hybridized carbons (Fsp3) is 0.481. The summed E-state index contributed by atoms with van der Waals surface area (Å²) in [5.41, 5.74) is 12.7. The average Bonchev–Trinajstić information content (AvgIpc) is 3.12. The first-order valence-corrected chi connectivity index (χ1v) is 17.0. The van der Waals surface area contributed by atoms with Crippen molar-refractivity contribution in [1.29, 1.82) is 0 Å². The molecule has 2 amide bonds. The molecule has 4 rings (SSSR count). The molecule has 42 heavy (non-hydrogen) atoms. The van der Waals surface area contributed by atoms with Gasteiger partial charge in [0.2, 0.25) is 5.91 Å². The maximum absolute atomic E-state index is 13.1. The highest BCUT2D eigenvalue weighted by atomic mass is 31.2. The van der Waals surface area contributed by atoms with Crippen LogP contribution < -0.4 is 36.9 Å². The number of fused-ring (bicyclic) bond motifs is 1. The highest BCUT2D eigenvalue weighted by molar-refractivity contribution is 7.67. The van der Waals surface area contributed by atoms with Crippen LogP contribution >= 0.6 is 15.2 Å². The van der Waals surface area contributed by atoms with E-state index in [1.807, 2.05) is 0 Å². The Morgan fingerprint density at radius 2 is 1.67 bits per heavy atom. The van der Waals surface area contributed by atoms with E-state index in [0.717, 1.165) is 37.8 Å². The third-order valence-electron chi connectivity index (χ3n) is 7.62. The Bertz CT molecular complexity index is 1420. The van der Waals surface area contributed by atoms with Crippen LogP contribution in [0.25, 0.3) is 0 Å². The van der Waals surface area contributed by atoms with Gasteiger partial charge in [0.05, 0.1) is 41.5 Å². The van der Waals surface area contributed by atoms with Crippen molar-refractivity contribution in [2.24, 2.45) is 17.4 Å². The summed E-state index contributed by atoms with van der Waals surface area (Å²) < 4.78 is 35.5. The molecule has 2 aromatic rings. The van der Waals surface area contributed by atoms with Gasteiger partial charge in [0.1, 0.15) is 11.5 Å². The number of carbonyl (C=O) groups excluding carboxylic acids is 2. The summed E-state index contributed by atoms with van der Waals surface area (Å²) in [6, 6.07) is 4.59. The number of amides is 2. The van der Waals surface area contributed by atoms with Crippen molar-refractivity contribution in [2.45, 2.75) is 63.5 Å². The summed E-state index contributed by atoms with van der Waals surface area (Å²) in [4.78, 5) is 63.7. The average molecular weight is 626 g/mol. The Morgan fingerprint density at radius 3 is 2.31 bits per heavy atom. The number of primary amides is 1. The summed E-state index contributed by atoms with van der Waals surface area (Å²) in [6.45, 7) is 0.841. The molecule has 15 heteroatoms. The molecule has 2 aliphatic rings. The monoisotopic (exact) mass is 625 g/mol. The van der Waals surface area contributed by atoms with Gasteiger partial charge in [-0.3, -0.25) is 18.7 Å². The van der Waals surface area contributed by atoms with E-state index in [2.05, 4.69) is 5.32 Å². The molecule has 1 saturated carbocycles. The lowest BCUT2D eigenvalue weighted by Crippen LogP contribution is -2.43. The zero-order chi connectivity index (χ0) is 30.7. The van der Waals surface area contributed by atoms with Crippen molar-refractivity contribution in [1.82, 2.24) is 5.32 Å². The van der Waals surface area contributed by atoms with E-state index < -0.39 is 49.7 Å². The minimum atomic E-state index is -5.04. The third kappa shape index (κ3) is 7.99. The molecule has 0 radical (unpaired) electrons. The molecule has 2 aromatic carbocycles. The van der Waals surface area contributed by atoms with E-state index >= 15 is 0 Å². The Labute approximate surface area is 243 Å². The second-order valence-corrected chi connectivity index (χ2v) is 14.0. The fourth-order valence-electron chi connectivity index (χ4n) is 5.42. The molecule has 9 N–H and O–H groups in total. The van der Waals surface area contributed by atoms with Gasteiger partial charge in [-0.25, -0.2) is 0 Å². The number of hydrogen-bond donors (Lipinski definition) is 7. The summed E-state index contributed by atoms with van der Waals surface area (Å²) >= 11 is 0. The molecule has 230 valence electrons. The quantitative estimate of drug-likeness (QED) is 0.186. The van der Waals surface area contributed by atoms with Gasteiger partial charge in [-0.1, -0.05) is 25.3 Å². The van der Waals surface area contributed by atoms with Crippen molar-refractivity contribution < 1.29 is 47.8 Å². The minimum Gasteiger partial charge on any atom is -0.493 e. The van der Waals surface area contributed by atoms with Gasteiger partial charge in [0, 0.05) is 11.6 Å². The SMILES string of the molecule is NC(=O)c1cc2c(cc1OCC1CCCCC1)OCCCC2NC(=O)C(N)Cc1ccc(P(=O)(O)O)c(P(=O)(O)O)c1. The Hall–Kier alpha value is -2.76. The van der Waals surface area contributed by atoms with E-state index in [4.69, 9.17) is 20.9 Å². The standard InChI is InChI=1S/C27H37N3O10P2/c28-20(11-17-8-9-24(41(33,34)35)25(12-17)42(36,37)38)27(32)30-21-7-4-10-39-22-14-23(19(26(29)31)13-18(21)22)40-15-16-5-2-1-3-6-16/h8-9,12-14,16,20-21H,1-7,10-11,15,28H2,(H2,29,31)(H,30,32)(H2,33,34,35)(H2,36,37,38). The van der Waals surface area contributed by atoms with Crippen LogP contribution in [0.1, 0.15) is 72.5 Å². The van der Waals surface area contributed by atoms with Crippen LogP contribution in [0.15, 0.2) is 30.3 Å². The molecule has 1 fully saturated rings. The van der Waals surface area contributed by atoms with Crippen LogP contribution in [0.5, 0.6) is 11.5 Å². The molecule has 13 nitrogen and oxygen atoms in total. The lowest BCUT2D eigenvalue weighted by Gasteiger charge is -2.24. The molecule has 0 aromatic heterocycles. The predicted molar refractivity (Wildman–Crippen MR) is 154 cm³/mol. The van der Waals surface area contributed by atoms with E-state index in [1.165, 1.54) is 12.5 Å². The Balaban J connectivity index is 1.52. The van der Waals surface area contributed by atoms with Crippen molar-refractivity contribution in [2.75, 3.05) is 13.2 Å². The van der Waals surface area contributed by atoms with Gasteiger partial charge in [-0.05, 0) is 61.8 Å². The largest absolute Gasteiger partial charge is 0.493 e. The van der Waals surface area contributed by atoms with Gasteiger partial charge in [0.25, 0.3) is 5.91 Å². The maximum Gasteiger partial charge on any atom is 0.357 e. The van der Waals surface area contributed by atoms with E-state index in [-0.39, 0.29) is 17.5 Å². The zero-order valence-electron chi connectivity index (χ0n) is 23.0. The molecule has 1 aliphatic carbocycles. The number of nitrogens with one attached hydrogen (secondary N) is 1. The second-order valence-electron chi connectivity index (χ2n) is 10.8. The molecule has 2 unspecified atom stereocenters. The summed E-state index contributed by atoms with van der Waals surface area (Å²) in [5.74, 6) is -0.0760. The number of ether oxygens (including phenoxy) is 2. The van der Waals surface area contributed by atoms with Gasteiger partial charge in [-0.2, -0.15) is 0 Å². The van der Waals surface area contributed by atoms with Crippen molar-refractivity contribution in [3.63, 3.8) is 0 Å². The van der Waals surface area contributed by atoms with Crippen LogP contribution in [0.4, 0.5) is 0 Å². The van der Waals surface area contributed by atoms with Crippen molar-refractivity contribution >= 4 is 37.6 Å². The van der Waals surface area contributed by atoms with E-state index in [1.54, 1.807) is 12.1 Å². The topological polar surface area (TPSA) is 232 Å². The zero-order valence-corrected chi connectivity index (χ0v) is 24.8. The molecule has 2 atom stereocenters. The normalized spacial score (nSPS) is 18.7. The molecular formula is C27H37N3O10P2. The van der Waals surface area contributed by atoms with Crippen LogP contribution in [-0.2, 0) is 20.3 Å². The van der Waals surface area contributed by atoms with Crippen LogP contribution in [0, 0.1) is 5.92 Å². The van der Waals surface area contributed by atoms with Gasteiger partial charge in [0.15, 0.2) is 0 Å². The molecule has 1 aliphatic heterocycles. The molecule has 0 saturated heterocycles. The third-order valence-corrected chi connectivity index (χ3v) is 9.81. The highest BCUT2D eigenvalue weighted by Crippen LogP contribution is 2.41. The number of rotatable bonds is 10. The Kier molecular flexibility index (Phi) is 10.2. The molecular weight excluding hydrogens is 588 g/mol. The number of hydrogen-bond acceptors (Lipinski definition) is 7. The molecule has 1 heterocycles. The second kappa shape index (κ2) is 13.3. The smallest absolute Gasteiger partial charge is 0.357 e. The highest BCUT2D eigenvalue weighted by Gasteiger charge is 2.32. The maximum atomic E-state index is 13.1. The Morgan fingerprint density at radius 1 is 0.976 bits per heavy atom. The molecule has 0 bridgehead atoms. The van der Waals surface area contributed by atoms with Crippen LogP contribution in [0.2, 0.25) is 0 Å². The van der Waals surface area contributed by atoms with Crippen molar-refractivity contribution in [3.05, 3.63) is 47.0 Å². The van der Waals surface area contributed by atoms with Gasteiger partial charge in [-0.15, -0.1) is 0 Å². The van der Waals surface area contributed by atoms with E-state index in [0.29, 0.717) is 49.0 Å². The molecule has 0 spiro atoms. The summed E-state index contributed by atoms with van der Waals surface area (Å²) in [6.07, 6.45) is 6.54. The summed E-state index contributed by atoms with van der Waals surface area (Å²) in [7, 11) is -10.0. The number of nitrogens with two attached hydrogens (primary N) is 2. The summed E-state index contributed by atoms with van der Waals surface area (Å²) in [5, 5.41) is 1.26. The first-order chi connectivity index (χ1) is 19.7. The van der Waals surface area contributed by atoms with Gasteiger partial charge < -0.3 is 45.8 Å². The first kappa shape index (κ1) is 32.2. The lowest BCUT2D eigenvalue weighted by molar-refractivity contribution is -0.123. The van der Waals surface area contributed by atoms with Crippen LogP contribution in [0.3, 0.4) is 0 Å². The van der Waals surface area contributed by atoms with Crippen molar-refractivity contribution in [3.8, 4) is 11.5 Å². The first-order valence-electron chi connectivity index (χ1n) is 13.8.